The van der Waals surface area contributed by atoms with E-state index in [-0.39, 0.29) is 0 Å². The third kappa shape index (κ3) is 3.46. The van der Waals surface area contributed by atoms with Crippen LogP contribution in [0.3, 0.4) is 0 Å². The fraction of sp³-hybridized carbons (Fsp3) is 0.158. The smallest absolute Gasteiger partial charge is 0.159 e. The van der Waals surface area contributed by atoms with Crippen molar-refractivity contribution in [2.75, 3.05) is 16.4 Å². The van der Waals surface area contributed by atoms with Crippen LogP contribution in [-0.2, 0) is 0 Å². The molecule has 5 nitrogen and oxygen atoms in total. The summed E-state index contributed by atoms with van der Waals surface area (Å²) in [5.41, 5.74) is 12.1. The maximum atomic E-state index is 6.26. The summed E-state index contributed by atoms with van der Waals surface area (Å²) >= 11 is 0. The number of hydrogen-bond acceptors (Lipinski definition) is 5. The van der Waals surface area contributed by atoms with E-state index in [1.165, 1.54) is 17.5 Å². The van der Waals surface area contributed by atoms with Gasteiger partial charge in [0.25, 0.3) is 0 Å². The monoisotopic (exact) mass is 319 g/mol. The van der Waals surface area contributed by atoms with E-state index in [0.717, 1.165) is 16.9 Å². The van der Waals surface area contributed by atoms with Crippen LogP contribution in [-0.4, -0.2) is 9.97 Å². The molecule has 1 aromatic heterocycles. The number of benzene rings is 2. The number of anilines is 5. The highest BCUT2D eigenvalue weighted by Crippen LogP contribution is 2.29. The first-order chi connectivity index (χ1) is 11.5. The van der Waals surface area contributed by atoms with Gasteiger partial charge in [-0.3, -0.25) is 0 Å². The Bertz CT molecular complexity index is 873. The third-order valence-corrected chi connectivity index (χ3v) is 3.81. The molecule has 5 heteroatoms. The van der Waals surface area contributed by atoms with E-state index in [9.17, 15) is 0 Å². The lowest BCUT2D eigenvalue weighted by atomic mass is 10.1. The first-order valence-electron chi connectivity index (χ1n) is 7.81. The van der Waals surface area contributed by atoms with Gasteiger partial charge < -0.3 is 16.4 Å². The first-order valence-corrected chi connectivity index (χ1v) is 7.81. The van der Waals surface area contributed by atoms with E-state index in [1.807, 2.05) is 38.1 Å². The van der Waals surface area contributed by atoms with Crippen molar-refractivity contribution in [3.8, 4) is 0 Å². The molecule has 2 aromatic carbocycles. The van der Waals surface area contributed by atoms with Gasteiger partial charge in [-0.25, -0.2) is 9.97 Å². The van der Waals surface area contributed by atoms with Gasteiger partial charge in [-0.05, 0) is 55.7 Å². The molecule has 1 heterocycles. The molecule has 3 aromatic rings. The molecule has 122 valence electrons. The Morgan fingerprint density at radius 3 is 2.29 bits per heavy atom. The first kappa shape index (κ1) is 15.8. The SMILES string of the molecule is Cc1cccc(Nc2ncnc(Nc3cc(C)ccc3C)c2N)c1. The van der Waals surface area contributed by atoms with Gasteiger partial charge in [-0.15, -0.1) is 0 Å². The van der Waals surface area contributed by atoms with E-state index < -0.39 is 0 Å². The minimum atomic E-state index is 0.486. The topological polar surface area (TPSA) is 75.9 Å². The molecule has 0 atom stereocenters. The fourth-order valence-corrected chi connectivity index (χ4v) is 2.45. The van der Waals surface area contributed by atoms with Gasteiger partial charge in [0.2, 0.25) is 0 Å². The molecule has 0 aliphatic heterocycles. The molecule has 24 heavy (non-hydrogen) atoms. The van der Waals surface area contributed by atoms with Crippen molar-refractivity contribution in [3.05, 3.63) is 65.5 Å². The van der Waals surface area contributed by atoms with Crippen LogP contribution in [0, 0.1) is 20.8 Å². The molecular formula is C19H21N5. The maximum absolute atomic E-state index is 6.26. The standard InChI is InChI=1S/C19H21N5/c1-12-5-4-6-15(9-12)23-18-17(20)19(22-11-21-18)24-16-10-13(2)7-8-14(16)3/h4-11H,20H2,1-3H3,(H2,21,22,23,24). The summed E-state index contributed by atoms with van der Waals surface area (Å²) in [6.45, 7) is 6.14. The number of nitrogens with two attached hydrogens (primary N) is 1. The maximum Gasteiger partial charge on any atom is 0.159 e. The highest BCUT2D eigenvalue weighted by atomic mass is 15.1. The van der Waals surface area contributed by atoms with Crippen LogP contribution in [0.5, 0.6) is 0 Å². The number of nitrogens with one attached hydrogen (secondary N) is 2. The molecule has 0 spiro atoms. The number of aryl methyl sites for hydroxylation is 3. The summed E-state index contributed by atoms with van der Waals surface area (Å²) in [5, 5.41) is 6.55. The zero-order valence-electron chi connectivity index (χ0n) is 14.1. The summed E-state index contributed by atoms with van der Waals surface area (Å²) in [6.07, 6.45) is 1.50. The van der Waals surface area contributed by atoms with Crippen LogP contribution >= 0.6 is 0 Å². The lowest BCUT2D eigenvalue weighted by Gasteiger charge is -2.14. The third-order valence-electron chi connectivity index (χ3n) is 3.81. The van der Waals surface area contributed by atoms with Crippen molar-refractivity contribution < 1.29 is 0 Å². The molecule has 0 radical (unpaired) electrons. The van der Waals surface area contributed by atoms with E-state index in [0.29, 0.717) is 17.3 Å². The van der Waals surface area contributed by atoms with Gasteiger partial charge in [-0.1, -0.05) is 24.3 Å². The number of hydrogen-bond donors (Lipinski definition) is 3. The molecule has 0 saturated heterocycles. The molecular weight excluding hydrogens is 298 g/mol. The van der Waals surface area contributed by atoms with Gasteiger partial charge >= 0.3 is 0 Å². The van der Waals surface area contributed by atoms with Gasteiger partial charge in [0.15, 0.2) is 11.6 Å². The molecule has 4 N–H and O–H groups in total. The van der Waals surface area contributed by atoms with Crippen molar-refractivity contribution in [2.24, 2.45) is 0 Å². The Balaban J connectivity index is 1.89. The molecule has 0 amide bonds. The summed E-state index contributed by atoms with van der Waals surface area (Å²) in [4.78, 5) is 8.54. The van der Waals surface area contributed by atoms with Crippen LogP contribution in [0.15, 0.2) is 48.8 Å². The molecule has 3 rings (SSSR count). The molecule has 0 unspecified atom stereocenters. The number of aromatic nitrogens is 2. The van der Waals surface area contributed by atoms with Gasteiger partial charge in [0, 0.05) is 11.4 Å². The average Bonchev–Trinajstić information content (AvgIpc) is 2.55. The quantitative estimate of drug-likeness (QED) is 0.661. The molecule has 0 saturated carbocycles. The van der Waals surface area contributed by atoms with Gasteiger partial charge in [0.1, 0.15) is 12.0 Å². The highest BCUT2D eigenvalue weighted by molar-refractivity contribution is 5.80. The van der Waals surface area contributed by atoms with Crippen LogP contribution in [0.25, 0.3) is 0 Å². The lowest BCUT2D eigenvalue weighted by molar-refractivity contribution is 1.17. The van der Waals surface area contributed by atoms with E-state index >= 15 is 0 Å². The average molecular weight is 319 g/mol. The summed E-state index contributed by atoms with van der Waals surface area (Å²) in [5.74, 6) is 1.18. The zero-order chi connectivity index (χ0) is 17.1. The van der Waals surface area contributed by atoms with Crippen molar-refractivity contribution >= 4 is 28.7 Å². The predicted octanol–water partition coefficient (Wildman–Crippen LogP) is 4.47. The summed E-state index contributed by atoms with van der Waals surface area (Å²) in [7, 11) is 0. The Kier molecular flexibility index (Phi) is 4.33. The Morgan fingerprint density at radius 1 is 0.833 bits per heavy atom. The summed E-state index contributed by atoms with van der Waals surface area (Å²) in [6, 6.07) is 14.3. The second kappa shape index (κ2) is 6.58. The Hall–Kier alpha value is -3.08. The molecule has 0 bridgehead atoms. The normalized spacial score (nSPS) is 10.5. The van der Waals surface area contributed by atoms with Crippen LogP contribution in [0.4, 0.5) is 28.7 Å². The van der Waals surface area contributed by atoms with E-state index in [4.69, 9.17) is 5.73 Å². The number of nitrogen functional groups attached to an aromatic ring is 1. The van der Waals surface area contributed by atoms with Crippen LogP contribution < -0.4 is 16.4 Å². The molecule has 0 aliphatic carbocycles. The van der Waals surface area contributed by atoms with Crippen molar-refractivity contribution in [1.29, 1.82) is 0 Å². The minimum Gasteiger partial charge on any atom is -0.393 e. The van der Waals surface area contributed by atoms with E-state index in [1.54, 1.807) is 0 Å². The second-order valence-electron chi connectivity index (χ2n) is 5.92. The van der Waals surface area contributed by atoms with Crippen molar-refractivity contribution in [2.45, 2.75) is 20.8 Å². The minimum absolute atomic E-state index is 0.486. The van der Waals surface area contributed by atoms with Crippen molar-refractivity contribution in [1.82, 2.24) is 9.97 Å². The lowest BCUT2D eigenvalue weighted by Crippen LogP contribution is -2.06. The van der Waals surface area contributed by atoms with E-state index in [2.05, 4.69) is 45.7 Å². The largest absolute Gasteiger partial charge is 0.393 e. The zero-order valence-corrected chi connectivity index (χ0v) is 14.1. The fourth-order valence-electron chi connectivity index (χ4n) is 2.45. The Labute approximate surface area is 142 Å². The summed E-state index contributed by atoms with van der Waals surface area (Å²) < 4.78 is 0. The predicted molar refractivity (Wildman–Crippen MR) is 100 cm³/mol. The van der Waals surface area contributed by atoms with Gasteiger partial charge in [-0.2, -0.15) is 0 Å². The van der Waals surface area contributed by atoms with Crippen molar-refractivity contribution in [3.63, 3.8) is 0 Å². The van der Waals surface area contributed by atoms with Gasteiger partial charge in [0.05, 0.1) is 0 Å². The second-order valence-corrected chi connectivity index (χ2v) is 5.92. The molecule has 0 fully saturated rings. The number of rotatable bonds is 4. The Morgan fingerprint density at radius 2 is 1.54 bits per heavy atom. The number of nitrogens with zero attached hydrogens (tertiary/aromatic N) is 2. The van der Waals surface area contributed by atoms with Crippen LogP contribution in [0.1, 0.15) is 16.7 Å². The molecule has 0 aliphatic rings. The highest BCUT2D eigenvalue weighted by Gasteiger charge is 2.10. The van der Waals surface area contributed by atoms with Crippen LogP contribution in [0.2, 0.25) is 0 Å².